The summed E-state index contributed by atoms with van der Waals surface area (Å²) in [6, 6.07) is 9.49. The third kappa shape index (κ3) is 3.69. The summed E-state index contributed by atoms with van der Waals surface area (Å²) in [5, 5.41) is 1.14. The Balaban J connectivity index is 2.22. The first kappa shape index (κ1) is 14.8. The molecule has 2 aromatic rings. The Kier molecular flexibility index (Phi) is 4.85. The highest BCUT2D eigenvalue weighted by Crippen LogP contribution is 2.28. The van der Waals surface area contributed by atoms with E-state index in [0.29, 0.717) is 22.0 Å². The van der Waals surface area contributed by atoms with Crippen molar-refractivity contribution in [3.63, 3.8) is 0 Å². The fourth-order valence-electron chi connectivity index (χ4n) is 1.80. The minimum Gasteiger partial charge on any atom is -0.324 e. The molecule has 0 aliphatic heterocycles. The minimum atomic E-state index is -0.316. The van der Waals surface area contributed by atoms with Crippen LogP contribution in [0.3, 0.4) is 0 Å². The summed E-state index contributed by atoms with van der Waals surface area (Å²) in [6.45, 7) is 0. The van der Waals surface area contributed by atoms with E-state index in [1.165, 1.54) is 18.2 Å². The number of hydrogen-bond acceptors (Lipinski definition) is 1. The normalized spacial score (nSPS) is 12.5. The molecule has 0 spiro atoms. The number of hydrogen-bond donors (Lipinski definition) is 1. The van der Waals surface area contributed by atoms with Crippen LogP contribution in [0, 0.1) is 5.82 Å². The first-order valence-corrected chi connectivity index (χ1v) is 7.16. The van der Waals surface area contributed by atoms with Crippen molar-refractivity contribution in [1.82, 2.24) is 0 Å². The number of benzene rings is 2. The SMILES string of the molecule is NC(Cc1cc(F)ccc1Cl)c1ccc(Cl)c(Br)c1. The van der Waals surface area contributed by atoms with Crippen molar-refractivity contribution in [2.45, 2.75) is 12.5 Å². The Morgan fingerprint density at radius 2 is 1.79 bits per heavy atom. The molecular weight excluding hydrogens is 352 g/mol. The molecule has 0 bridgehead atoms. The summed E-state index contributed by atoms with van der Waals surface area (Å²) in [7, 11) is 0. The number of nitrogens with two attached hydrogens (primary N) is 1. The lowest BCUT2D eigenvalue weighted by atomic mass is 10.00. The highest BCUT2D eigenvalue weighted by molar-refractivity contribution is 9.10. The van der Waals surface area contributed by atoms with Gasteiger partial charge in [0.15, 0.2) is 0 Å². The molecule has 1 nitrogen and oxygen atoms in total. The summed E-state index contributed by atoms with van der Waals surface area (Å²) >= 11 is 15.3. The molecule has 0 aliphatic rings. The fraction of sp³-hybridized carbons (Fsp3) is 0.143. The highest BCUT2D eigenvalue weighted by Gasteiger charge is 2.11. The van der Waals surface area contributed by atoms with Gasteiger partial charge in [-0.05, 0) is 63.8 Å². The van der Waals surface area contributed by atoms with Gasteiger partial charge in [-0.2, -0.15) is 0 Å². The molecular formula is C14H11BrCl2FN. The topological polar surface area (TPSA) is 26.0 Å². The second-order valence-electron chi connectivity index (χ2n) is 4.22. The van der Waals surface area contributed by atoms with Crippen LogP contribution in [0.4, 0.5) is 4.39 Å². The van der Waals surface area contributed by atoms with E-state index in [2.05, 4.69) is 15.9 Å². The van der Waals surface area contributed by atoms with Crippen LogP contribution in [0.5, 0.6) is 0 Å². The van der Waals surface area contributed by atoms with Crippen molar-refractivity contribution in [2.75, 3.05) is 0 Å². The summed E-state index contributed by atoms with van der Waals surface area (Å²) in [5.41, 5.74) is 7.73. The van der Waals surface area contributed by atoms with E-state index in [1.807, 2.05) is 12.1 Å². The van der Waals surface area contributed by atoms with Gasteiger partial charge in [0, 0.05) is 15.5 Å². The maximum Gasteiger partial charge on any atom is 0.123 e. The van der Waals surface area contributed by atoms with Crippen molar-refractivity contribution in [3.05, 3.63) is 67.9 Å². The van der Waals surface area contributed by atoms with E-state index in [9.17, 15) is 4.39 Å². The molecule has 0 amide bonds. The van der Waals surface area contributed by atoms with E-state index in [-0.39, 0.29) is 11.9 Å². The van der Waals surface area contributed by atoms with E-state index < -0.39 is 0 Å². The Morgan fingerprint density at radius 1 is 1.11 bits per heavy atom. The second kappa shape index (κ2) is 6.23. The zero-order valence-corrected chi connectivity index (χ0v) is 12.9. The Bertz CT molecular complexity index is 604. The van der Waals surface area contributed by atoms with Gasteiger partial charge in [-0.3, -0.25) is 0 Å². The number of rotatable bonds is 3. The Hall–Kier alpha value is -0.610. The predicted octanol–water partition coefficient (Wildman–Crippen LogP) is 5.14. The van der Waals surface area contributed by atoms with Gasteiger partial charge < -0.3 is 5.73 Å². The van der Waals surface area contributed by atoms with Crippen molar-refractivity contribution >= 4 is 39.1 Å². The van der Waals surface area contributed by atoms with Crippen LogP contribution in [0.2, 0.25) is 10.0 Å². The lowest BCUT2D eigenvalue weighted by Gasteiger charge is -2.14. The first-order valence-electron chi connectivity index (χ1n) is 5.62. The molecule has 2 N–H and O–H groups in total. The van der Waals surface area contributed by atoms with Gasteiger partial charge in [0.2, 0.25) is 0 Å². The molecule has 2 rings (SSSR count). The van der Waals surface area contributed by atoms with Crippen molar-refractivity contribution in [2.24, 2.45) is 5.73 Å². The van der Waals surface area contributed by atoms with Crippen LogP contribution < -0.4 is 5.73 Å². The summed E-state index contributed by atoms with van der Waals surface area (Å²) in [6.07, 6.45) is 0.463. The first-order chi connectivity index (χ1) is 8.97. The standard InChI is InChI=1S/C14H11BrCl2FN/c15-11-6-8(1-3-13(11)17)14(19)7-9-5-10(18)2-4-12(9)16/h1-6,14H,7,19H2. The van der Waals surface area contributed by atoms with E-state index in [4.69, 9.17) is 28.9 Å². The zero-order valence-electron chi connectivity index (χ0n) is 9.84. The van der Waals surface area contributed by atoms with Crippen LogP contribution in [0.1, 0.15) is 17.2 Å². The third-order valence-corrected chi connectivity index (χ3v) is 4.40. The van der Waals surface area contributed by atoms with Crippen molar-refractivity contribution < 1.29 is 4.39 Å². The maximum atomic E-state index is 13.2. The molecule has 0 aromatic heterocycles. The lowest BCUT2D eigenvalue weighted by molar-refractivity contribution is 0.622. The van der Waals surface area contributed by atoms with Gasteiger partial charge in [0.1, 0.15) is 5.82 Å². The highest BCUT2D eigenvalue weighted by atomic mass is 79.9. The molecule has 5 heteroatoms. The van der Waals surface area contributed by atoms with Crippen molar-refractivity contribution in [3.8, 4) is 0 Å². The van der Waals surface area contributed by atoms with Gasteiger partial charge in [-0.15, -0.1) is 0 Å². The molecule has 100 valence electrons. The summed E-state index contributed by atoms with van der Waals surface area (Å²) in [5.74, 6) is -0.316. The lowest BCUT2D eigenvalue weighted by Crippen LogP contribution is -2.13. The maximum absolute atomic E-state index is 13.2. The van der Waals surface area contributed by atoms with Crippen LogP contribution in [0.15, 0.2) is 40.9 Å². The average molecular weight is 363 g/mol. The smallest absolute Gasteiger partial charge is 0.123 e. The molecule has 0 fully saturated rings. The van der Waals surface area contributed by atoms with Gasteiger partial charge in [0.05, 0.1) is 5.02 Å². The van der Waals surface area contributed by atoms with E-state index in [0.717, 1.165) is 10.0 Å². The molecule has 1 atom stereocenters. The molecule has 2 aromatic carbocycles. The zero-order chi connectivity index (χ0) is 14.0. The molecule has 0 radical (unpaired) electrons. The van der Waals surface area contributed by atoms with Crippen LogP contribution in [0.25, 0.3) is 0 Å². The minimum absolute atomic E-state index is 0.270. The van der Waals surface area contributed by atoms with Gasteiger partial charge in [-0.25, -0.2) is 4.39 Å². The molecule has 19 heavy (non-hydrogen) atoms. The van der Waals surface area contributed by atoms with Crippen LogP contribution in [-0.2, 0) is 6.42 Å². The van der Waals surface area contributed by atoms with Crippen LogP contribution >= 0.6 is 39.1 Å². The molecule has 0 saturated heterocycles. The monoisotopic (exact) mass is 361 g/mol. The molecule has 0 heterocycles. The summed E-state index contributed by atoms with van der Waals surface area (Å²) in [4.78, 5) is 0. The molecule has 0 aliphatic carbocycles. The Labute approximate surface area is 129 Å². The third-order valence-electron chi connectivity index (χ3n) is 2.82. The van der Waals surface area contributed by atoms with Gasteiger partial charge >= 0.3 is 0 Å². The van der Waals surface area contributed by atoms with E-state index >= 15 is 0 Å². The van der Waals surface area contributed by atoms with Crippen LogP contribution in [-0.4, -0.2) is 0 Å². The predicted molar refractivity (Wildman–Crippen MR) is 81.2 cm³/mol. The molecule has 0 saturated carbocycles. The van der Waals surface area contributed by atoms with E-state index in [1.54, 1.807) is 6.07 Å². The molecule has 1 unspecified atom stereocenters. The quantitative estimate of drug-likeness (QED) is 0.803. The summed E-state index contributed by atoms with van der Waals surface area (Å²) < 4.78 is 14.0. The average Bonchev–Trinajstić information content (AvgIpc) is 2.37. The second-order valence-corrected chi connectivity index (χ2v) is 5.89. The largest absolute Gasteiger partial charge is 0.324 e. The number of halogens is 4. The fourth-order valence-corrected chi connectivity index (χ4v) is 2.51. The van der Waals surface area contributed by atoms with Gasteiger partial charge in [0.25, 0.3) is 0 Å². The van der Waals surface area contributed by atoms with Crippen molar-refractivity contribution in [1.29, 1.82) is 0 Å². The Morgan fingerprint density at radius 3 is 2.47 bits per heavy atom. The van der Waals surface area contributed by atoms with Gasteiger partial charge in [-0.1, -0.05) is 29.3 Å².